The third-order valence-electron chi connectivity index (χ3n) is 10.9. The van der Waals surface area contributed by atoms with E-state index in [2.05, 4.69) is 62.4 Å². The fourth-order valence-corrected chi connectivity index (χ4v) is 7.59. The largest absolute Gasteiger partial charge is 0.423 e. The molecule has 0 aliphatic rings. The van der Waals surface area contributed by atoms with Crippen molar-refractivity contribution < 1.29 is 38.1 Å². The average Bonchev–Trinajstić information content (AvgIpc) is 3.33. The summed E-state index contributed by atoms with van der Waals surface area (Å²) in [6, 6.07) is 45.4. The van der Waals surface area contributed by atoms with E-state index in [-0.39, 0.29) is 44.2 Å². The van der Waals surface area contributed by atoms with E-state index in [0.717, 1.165) is 35.1 Å². The minimum Gasteiger partial charge on any atom is -0.423 e. The van der Waals surface area contributed by atoms with E-state index in [1.165, 1.54) is 104 Å². The summed E-state index contributed by atoms with van der Waals surface area (Å²) in [5.74, 6) is -2.39. The van der Waals surface area contributed by atoms with Crippen LogP contribution in [-0.2, 0) is 12.8 Å². The van der Waals surface area contributed by atoms with Crippen LogP contribution in [-0.4, -0.2) is 23.9 Å². The lowest BCUT2D eigenvalue weighted by molar-refractivity contribution is 0.0723. The quantitative estimate of drug-likeness (QED) is 0.0476. The summed E-state index contributed by atoms with van der Waals surface area (Å²) in [5.41, 5.74) is 7.51. The van der Waals surface area contributed by atoms with Crippen LogP contribution in [0.4, 0.5) is 0 Å². The van der Waals surface area contributed by atoms with E-state index >= 15 is 0 Å². The molecule has 0 aliphatic heterocycles. The lowest BCUT2D eigenvalue weighted by Gasteiger charge is -2.11. The van der Waals surface area contributed by atoms with Gasteiger partial charge in [-0.25, -0.2) is 19.2 Å². The van der Waals surface area contributed by atoms with Gasteiger partial charge in [-0.15, -0.1) is 0 Å². The Morgan fingerprint density at radius 1 is 0.379 bits per heavy atom. The molecule has 7 aromatic rings. The van der Waals surface area contributed by atoms with Crippen molar-refractivity contribution in [3.8, 4) is 45.3 Å². The zero-order valence-electron chi connectivity index (χ0n) is 36.7. The fraction of sp³-hybridized carbons (Fsp3) is 0.179. The molecular formula is C56H48Cl2O8. The molecule has 7 aromatic carbocycles. The Bertz CT molecular complexity index is 2610. The monoisotopic (exact) mass is 918 g/mol. The lowest BCUT2D eigenvalue weighted by atomic mass is 10.0. The second kappa shape index (κ2) is 22.8. The molecule has 10 heteroatoms. The van der Waals surface area contributed by atoms with Crippen LogP contribution in [0.15, 0.2) is 158 Å². The van der Waals surface area contributed by atoms with E-state index in [9.17, 15) is 19.2 Å². The van der Waals surface area contributed by atoms with Gasteiger partial charge in [0.25, 0.3) is 0 Å². The molecule has 0 N–H and O–H groups in total. The molecule has 0 atom stereocenters. The predicted octanol–water partition coefficient (Wildman–Crippen LogP) is 14.7. The van der Waals surface area contributed by atoms with Crippen molar-refractivity contribution in [1.82, 2.24) is 0 Å². The Morgan fingerprint density at radius 2 is 0.712 bits per heavy atom. The number of carbonyl (C=O) groups excluding carboxylic acids is 4. The summed E-state index contributed by atoms with van der Waals surface area (Å²) in [7, 11) is 0. The molecule has 0 aliphatic carbocycles. The van der Waals surface area contributed by atoms with Crippen LogP contribution in [0.5, 0.6) is 23.0 Å². The normalized spacial score (nSPS) is 10.8. The first-order valence-corrected chi connectivity index (χ1v) is 22.8. The van der Waals surface area contributed by atoms with Gasteiger partial charge in [0.1, 0.15) is 23.0 Å². The third-order valence-corrected chi connectivity index (χ3v) is 11.5. The molecule has 0 radical (unpaired) electrons. The number of aryl methyl sites for hydroxylation is 2. The van der Waals surface area contributed by atoms with Gasteiger partial charge >= 0.3 is 23.9 Å². The number of benzene rings is 7. The summed E-state index contributed by atoms with van der Waals surface area (Å²) >= 11 is 12.9. The van der Waals surface area contributed by atoms with Crippen molar-refractivity contribution in [3.63, 3.8) is 0 Å². The molecule has 0 aromatic heterocycles. The molecule has 0 saturated carbocycles. The number of hydrogen-bond acceptors (Lipinski definition) is 8. The fourth-order valence-electron chi connectivity index (χ4n) is 7.16. The van der Waals surface area contributed by atoms with Crippen LogP contribution in [0.1, 0.15) is 105 Å². The van der Waals surface area contributed by atoms with Crippen molar-refractivity contribution in [2.24, 2.45) is 0 Å². The number of carbonyl (C=O) groups is 4. The lowest BCUT2D eigenvalue weighted by Crippen LogP contribution is -2.12. The third kappa shape index (κ3) is 12.6. The maximum atomic E-state index is 13.1. The van der Waals surface area contributed by atoms with Gasteiger partial charge < -0.3 is 18.9 Å². The van der Waals surface area contributed by atoms with Gasteiger partial charge in [-0.2, -0.15) is 0 Å². The van der Waals surface area contributed by atoms with Crippen LogP contribution in [0.25, 0.3) is 22.3 Å². The van der Waals surface area contributed by atoms with Crippen molar-refractivity contribution in [3.05, 3.63) is 201 Å². The van der Waals surface area contributed by atoms with E-state index < -0.39 is 23.9 Å². The van der Waals surface area contributed by atoms with Gasteiger partial charge in [-0.3, -0.25) is 0 Å². The standard InChI is InChI=1S/C56H48Cl2O8/c1-3-5-7-10-37-14-18-39(19-15-37)41-22-26-43(27-23-41)53(59)65-51-32-30-45(34-49(51)57)55(61)63-47-12-9-13-48(36-47)64-56(62)46-31-33-52(50(58)35-46)66-54(60)44-28-24-42(25-29-44)40-20-16-38(17-21-40)11-8-6-4-2/h9,12-36H,3-8,10-11H2,1-2H3. The Morgan fingerprint density at radius 3 is 1.06 bits per heavy atom. The molecule has 8 nitrogen and oxygen atoms in total. The molecule has 0 bridgehead atoms. The SMILES string of the molecule is CCCCCc1ccc(-c2ccc(C(=O)Oc3ccc(C(=O)Oc4cccc(OC(=O)c5ccc(OC(=O)c6ccc(-c7ccc(CCCCC)cc7)cc6)c(Cl)c5)c4)cc3Cl)cc2)cc1. The van der Waals surface area contributed by atoms with Gasteiger partial charge in [0.15, 0.2) is 0 Å². The Kier molecular flexibility index (Phi) is 16.2. The topological polar surface area (TPSA) is 105 Å². The van der Waals surface area contributed by atoms with Gasteiger partial charge in [0.2, 0.25) is 0 Å². The zero-order valence-corrected chi connectivity index (χ0v) is 38.2. The van der Waals surface area contributed by atoms with Crippen molar-refractivity contribution >= 4 is 47.1 Å². The number of hydrogen-bond donors (Lipinski definition) is 0. The summed E-state index contributed by atoms with van der Waals surface area (Å²) in [5, 5.41) is 0.0542. The van der Waals surface area contributed by atoms with Gasteiger partial charge in [-0.1, -0.05) is 142 Å². The molecule has 0 unspecified atom stereocenters. The van der Waals surface area contributed by atoms with Crippen molar-refractivity contribution in [1.29, 1.82) is 0 Å². The maximum absolute atomic E-state index is 13.1. The number of rotatable bonds is 18. The molecule has 334 valence electrons. The van der Waals surface area contributed by atoms with E-state index in [1.54, 1.807) is 30.3 Å². The Hall–Kier alpha value is -7.00. The molecular weight excluding hydrogens is 872 g/mol. The van der Waals surface area contributed by atoms with Gasteiger partial charge in [0, 0.05) is 6.07 Å². The number of halogens is 2. The average molecular weight is 920 g/mol. The molecule has 0 amide bonds. The van der Waals surface area contributed by atoms with Crippen LogP contribution in [0.3, 0.4) is 0 Å². The Balaban J connectivity index is 0.895. The number of unbranched alkanes of at least 4 members (excludes halogenated alkanes) is 4. The molecule has 0 spiro atoms. The van der Waals surface area contributed by atoms with Gasteiger partial charge in [0.05, 0.1) is 32.3 Å². The first kappa shape index (κ1) is 47.0. The highest BCUT2D eigenvalue weighted by molar-refractivity contribution is 6.33. The van der Waals surface area contributed by atoms with Crippen molar-refractivity contribution in [2.75, 3.05) is 0 Å². The van der Waals surface area contributed by atoms with Crippen LogP contribution in [0, 0.1) is 0 Å². The predicted molar refractivity (Wildman–Crippen MR) is 259 cm³/mol. The summed E-state index contributed by atoms with van der Waals surface area (Å²) in [6.07, 6.45) is 9.26. The minimum atomic E-state index is -0.751. The number of esters is 4. The van der Waals surface area contributed by atoms with E-state index in [4.69, 9.17) is 42.1 Å². The smallest absolute Gasteiger partial charge is 0.343 e. The molecule has 0 heterocycles. The van der Waals surface area contributed by atoms with Crippen LogP contribution in [0.2, 0.25) is 10.0 Å². The molecule has 7 rings (SSSR count). The summed E-state index contributed by atoms with van der Waals surface area (Å²) < 4.78 is 22.2. The minimum absolute atomic E-state index is 0.0271. The molecule has 0 saturated heterocycles. The van der Waals surface area contributed by atoms with E-state index in [0.29, 0.717) is 11.1 Å². The van der Waals surface area contributed by atoms with Crippen LogP contribution < -0.4 is 18.9 Å². The maximum Gasteiger partial charge on any atom is 0.343 e. The zero-order chi connectivity index (χ0) is 46.4. The number of ether oxygens (including phenoxy) is 4. The highest BCUT2D eigenvalue weighted by Crippen LogP contribution is 2.31. The van der Waals surface area contributed by atoms with Crippen molar-refractivity contribution in [2.45, 2.75) is 65.2 Å². The van der Waals surface area contributed by atoms with Crippen LogP contribution >= 0.6 is 23.2 Å². The van der Waals surface area contributed by atoms with Gasteiger partial charge in [-0.05, 0) is 132 Å². The van der Waals surface area contributed by atoms with E-state index in [1.807, 2.05) is 24.3 Å². The second-order valence-electron chi connectivity index (χ2n) is 15.8. The highest BCUT2D eigenvalue weighted by Gasteiger charge is 2.18. The molecule has 66 heavy (non-hydrogen) atoms. The first-order chi connectivity index (χ1) is 32.1. The molecule has 0 fully saturated rings. The Labute approximate surface area is 395 Å². The summed E-state index contributed by atoms with van der Waals surface area (Å²) in [4.78, 5) is 52.2. The second-order valence-corrected chi connectivity index (χ2v) is 16.6. The highest BCUT2D eigenvalue weighted by atomic mass is 35.5. The summed E-state index contributed by atoms with van der Waals surface area (Å²) in [6.45, 7) is 4.39. The first-order valence-electron chi connectivity index (χ1n) is 22.0.